The van der Waals surface area contributed by atoms with Crippen molar-refractivity contribution in [3.8, 4) is 11.4 Å². The van der Waals surface area contributed by atoms with E-state index in [0.717, 1.165) is 11.8 Å². The van der Waals surface area contributed by atoms with Crippen molar-refractivity contribution in [2.45, 2.75) is 5.16 Å². The number of thioether (sulfide) groups is 1. The van der Waals surface area contributed by atoms with Crippen LogP contribution in [0.2, 0.25) is 5.02 Å². The second-order valence-electron chi connectivity index (χ2n) is 6.00. The number of para-hydroxylation sites is 2. The lowest BCUT2D eigenvalue weighted by molar-refractivity contribution is -0.118. The summed E-state index contributed by atoms with van der Waals surface area (Å²) in [6, 6.07) is 12.1. The molecule has 29 heavy (non-hydrogen) atoms. The Hall–Kier alpha value is -2.55. The molecule has 3 aromatic rings. The fourth-order valence-corrected chi connectivity index (χ4v) is 3.74. The van der Waals surface area contributed by atoms with E-state index in [0.29, 0.717) is 45.7 Å². The number of aromatic nitrogens is 2. The minimum atomic E-state index is -0.265. The molecule has 2 aromatic carbocycles. The van der Waals surface area contributed by atoms with E-state index in [1.165, 1.54) is 11.7 Å². The van der Waals surface area contributed by atoms with Crippen LogP contribution in [0.4, 0.5) is 0 Å². The predicted octanol–water partition coefficient (Wildman–Crippen LogP) is 2.90. The molecular weight excluding hydrogens is 414 g/mol. The predicted molar refractivity (Wildman–Crippen MR) is 115 cm³/mol. The maximum Gasteiger partial charge on any atom is 0.266 e. The number of carbonyl (C=O) groups excluding carboxylic acids is 1. The van der Waals surface area contributed by atoms with Crippen LogP contribution >= 0.6 is 23.4 Å². The molecule has 0 saturated carbocycles. The number of carbonyl (C=O) groups is 1. The third-order valence-corrected chi connectivity index (χ3v) is 5.26. The first kappa shape index (κ1) is 21.2. The number of benzene rings is 2. The summed E-state index contributed by atoms with van der Waals surface area (Å²) in [5.41, 5.74) is 0.751. The van der Waals surface area contributed by atoms with Gasteiger partial charge in [-0.05, 0) is 30.3 Å². The molecule has 7 nitrogen and oxygen atoms in total. The fourth-order valence-electron chi connectivity index (χ4n) is 2.74. The molecule has 152 valence electrons. The van der Waals surface area contributed by atoms with Crippen LogP contribution in [0, 0.1) is 0 Å². The third kappa shape index (κ3) is 4.90. The zero-order valence-electron chi connectivity index (χ0n) is 16.0. The van der Waals surface area contributed by atoms with E-state index in [-0.39, 0.29) is 17.2 Å². The number of nitrogens with one attached hydrogen (secondary N) is 1. The van der Waals surface area contributed by atoms with Gasteiger partial charge in [0.2, 0.25) is 5.91 Å². The number of halogens is 1. The Kier molecular flexibility index (Phi) is 7.13. The number of amides is 1. The lowest BCUT2D eigenvalue weighted by Gasteiger charge is -2.15. The van der Waals surface area contributed by atoms with E-state index in [1.807, 2.05) is 12.1 Å². The molecule has 1 aromatic heterocycles. The van der Waals surface area contributed by atoms with E-state index in [9.17, 15) is 9.59 Å². The Morgan fingerprint density at radius 2 is 2.03 bits per heavy atom. The van der Waals surface area contributed by atoms with Crippen molar-refractivity contribution in [2.24, 2.45) is 0 Å². The normalized spacial score (nSPS) is 10.9. The van der Waals surface area contributed by atoms with Gasteiger partial charge in [-0.1, -0.05) is 35.5 Å². The summed E-state index contributed by atoms with van der Waals surface area (Å²) < 4.78 is 11.8. The van der Waals surface area contributed by atoms with Gasteiger partial charge in [0.15, 0.2) is 5.16 Å². The number of nitrogens with zero attached hydrogens (tertiary/aromatic N) is 2. The van der Waals surface area contributed by atoms with Gasteiger partial charge in [-0.25, -0.2) is 4.98 Å². The molecule has 1 amide bonds. The van der Waals surface area contributed by atoms with Crippen LogP contribution in [0.25, 0.3) is 16.6 Å². The van der Waals surface area contributed by atoms with Gasteiger partial charge in [0.25, 0.3) is 5.56 Å². The highest BCUT2D eigenvalue weighted by Gasteiger charge is 2.17. The number of fused-ring (bicyclic) bond motifs is 1. The molecule has 1 N–H and O–H groups in total. The minimum absolute atomic E-state index is 0.0946. The molecule has 1 heterocycles. The Morgan fingerprint density at radius 1 is 1.24 bits per heavy atom. The summed E-state index contributed by atoms with van der Waals surface area (Å²) in [6.45, 7) is 0.838. The lowest BCUT2D eigenvalue weighted by atomic mass is 10.2. The summed E-state index contributed by atoms with van der Waals surface area (Å²) in [6.07, 6.45) is 0. The van der Waals surface area contributed by atoms with E-state index in [4.69, 9.17) is 21.1 Å². The molecule has 3 rings (SSSR count). The molecule has 0 aliphatic rings. The first-order valence-corrected chi connectivity index (χ1v) is 10.2. The Labute approximate surface area is 177 Å². The van der Waals surface area contributed by atoms with E-state index < -0.39 is 0 Å². The molecule has 0 unspecified atom stereocenters. The van der Waals surface area contributed by atoms with Crippen molar-refractivity contribution >= 4 is 40.2 Å². The molecule has 0 aliphatic carbocycles. The number of ether oxygens (including phenoxy) is 2. The molecule has 9 heteroatoms. The summed E-state index contributed by atoms with van der Waals surface area (Å²) in [7, 11) is 3.10. The van der Waals surface area contributed by atoms with Crippen LogP contribution in [-0.2, 0) is 9.53 Å². The second kappa shape index (κ2) is 9.78. The highest BCUT2D eigenvalue weighted by molar-refractivity contribution is 7.99. The zero-order chi connectivity index (χ0) is 20.8. The standard InChI is InChI=1S/C20H20ClN3O4S/c1-27-10-9-22-18(25)12-29-20-23-15-11-13(21)7-8-14(15)19(26)24(20)16-5-3-4-6-17(16)28-2/h3-8,11H,9-10,12H2,1-2H3,(H,22,25). The van der Waals surface area contributed by atoms with Crippen molar-refractivity contribution in [3.63, 3.8) is 0 Å². The van der Waals surface area contributed by atoms with Crippen molar-refractivity contribution in [1.29, 1.82) is 0 Å². The maximum atomic E-state index is 13.3. The van der Waals surface area contributed by atoms with Gasteiger partial charge in [0.05, 0.1) is 36.1 Å². The summed E-state index contributed by atoms with van der Waals surface area (Å²) in [5.74, 6) is 0.437. The molecule has 0 fully saturated rings. The lowest BCUT2D eigenvalue weighted by Crippen LogP contribution is -2.29. The zero-order valence-corrected chi connectivity index (χ0v) is 17.5. The molecule has 0 aliphatic heterocycles. The second-order valence-corrected chi connectivity index (χ2v) is 7.38. The molecule has 0 bridgehead atoms. The molecular formula is C20H20ClN3O4S. The first-order chi connectivity index (χ1) is 14.0. The number of hydrogen-bond donors (Lipinski definition) is 1. The average Bonchev–Trinajstić information content (AvgIpc) is 2.72. The monoisotopic (exact) mass is 433 g/mol. The van der Waals surface area contributed by atoms with Gasteiger partial charge >= 0.3 is 0 Å². The van der Waals surface area contributed by atoms with E-state index in [2.05, 4.69) is 10.3 Å². The van der Waals surface area contributed by atoms with E-state index >= 15 is 0 Å². The van der Waals surface area contributed by atoms with E-state index in [1.54, 1.807) is 37.4 Å². The Bertz CT molecular complexity index is 1090. The summed E-state index contributed by atoms with van der Waals surface area (Å²) in [5, 5.41) is 4.03. The van der Waals surface area contributed by atoms with Gasteiger partial charge in [-0.3, -0.25) is 14.2 Å². The summed E-state index contributed by atoms with van der Waals surface area (Å²) in [4.78, 5) is 30.0. The van der Waals surface area contributed by atoms with Crippen molar-refractivity contribution < 1.29 is 14.3 Å². The van der Waals surface area contributed by atoms with Gasteiger partial charge in [-0.15, -0.1) is 0 Å². The molecule has 0 radical (unpaired) electrons. The van der Waals surface area contributed by atoms with Crippen molar-refractivity contribution in [1.82, 2.24) is 14.9 Å². The largest absolute Gasteiger partial charge is 0.495 e. The fraction of sp³-hybridized carbons (Fsp3) is 0.250. The Morgan fingerprint density at radius 3 is 2.79 bits per heavy atom. The van der Waals surface area contributed by atoms with Crippen LogP contribution in [0.5, 0.6) is 5.75 Å². The van der Waals surface area contributed by atoms with Crippen LogP contribution in [0.15, 0.2) is 52.4 Å². The molecule has 0 spiro atoms. The highest BCUT2D eigenvalue weighted by Crippen LogP contribution is 2.27. The van der Waals surface area contributed by atoms with Gasteiger partial charge in [0.1, 0.15) is 5.75 Å². The van der Waals surface area contributed by atoms with Crippen molar-refractivity contribution in [2.75, 3.05) is 33.1 Å². The van der Waals surface area contributed by atoms with Crippen LogP contribution < -0.4 is 15.6 Å². The smallest absolute Gasteiger partial charge is 0.266 e. The summed E-state index contributed by atoms with van der Waals surface area (Å²) >= 11 is 7.24. The van der Waals surface area contributed by atoms with Crippen LogP contribution in [0.1, 0.15) is 0 Å². The molecule has 0 atom stereocenters. The number of hydrogen-bond acceptors (Lipinski definition) is 6. The topological polar surface area (TPSA) is 82.5 Å². The quantitative estimate of drug-likeness (QED) is 0.334. The number of methoxy groups -OCH3 is 2. The minimum Gasteiger partial charge on any atom is -0.495 e. The van der Waals surface area contributed by atoms with Crippen LogP contribution in [0.3, 0.4) is 0 Å². The van der Waals surface area contributed by atoms with Crippen molar-refractivity contribution in [3.05, 3.63) is 57.8 Å². The third-order valence-electron chi connectivity index (χ3n) is 4.09. The first-order valence-electron chi connectivity index (χ1n) is 8.79. The maximum absolute atomic E-state index is 13.3. The van der Waals surface area contributed by atoms with Crippen LogP contribution in [-0.4, -0.2) is 48.6 Å². The highest BCUT2D eigenvalue weighted by atomic mass is 35.5. The molecule has 0 saturated heterocycles. The van der Waals surface area contributed by atoms with Gasteiger partial charge < -0.3 is 14.8 Å². The average molecular weight is 434 g/mol. The number of rotatable bonds is 8. The van der Waals surface area contributed by atoms with Gasteiger partial charge in [0, 0.05) is 18.7 Å². The SMILES string of the molecule is COCCNC(=O)CSc1nc2cc(Cl)ccc2c(=O)n1-c1ccccc1OC. The van der Waals surface area contributed by atoms with Gasteiger partial charge in [-0.2, -0.15) is 0 Å². The Balaban J connectivity index is 2.06.